The molecule has 0 atom stereocenters. The largest absolute Gasteiger partial charge is 0.181 e. The third-order valence-electron chi connectivity index (χ3n) is 4.42. The highest BCUT2D eigenvalue weighted by molar-refractivity contribution is 6.24. The minimum atomic E-state index is -0.715. The number of alkyl halides is 1. The van der Waals surface area contributed by atoms with Gasteiger partial charge in [0, 0.05) is 11.8 Å². The second-order valence-corrected chi connectivity index (χ2v) is 5.73. The monoisotopic (exact) mass is 199 g/mol. The van der Waals surface area contributed by atoms with Crippen molar-refractivity contribution in [3.05, 3.63) is 4.91 Å². The van der Waals surface area contributed by atoms with Crippen LogP contribution in [-0.2, 0) is 0 Å². The lowest BCUT2D eigenvalue weighted by atomic mass is 9.54. The molecule has 0 N–H and O–H groups in total. The van der Waals surface area contributed by atoms with Gasteiger partial charge in [0.2, 0.25) is 0 Å². The van der Waals surface area contributed by atoms with Gasteiger partial charge in [-0.05, 0) is 49.1 Å². The predicted molar refractivity (Wildman–Crippen MR) is 51.4 cm³/mol. The molecule has 0 amide bonds. The molecule has 0 aliphatic heterocycles. The van der Waals surface area contributed by atoms with Gasteiger partial charge < -0.3 is 0 Å². The number of nitroso groups, excluding NO2 is 1. The van der Waals surface area contributed by atoms with E-state index < -0.39 is 5.00 Å². The summed E-state index contributed by atoms with van der Waals surface area (Å²) in [5.41, 5.74) is 0. The average Bonchev–Trinajstić information content (AvgIpc) is 2.13. The van der Waals surface area contributed by atoms with Crippen molar-refractivity contribution >= 4 is 11.6 Å². The van der Waals surface area contributed by atoms with E-state index in [1.807, 2.05) is 0 Å². The molecule has 13 heavy (non-hydrogen) atoms. The molecule has 4 aliphatic carbocycles. The first-order valence-corrected chi connectivity index (χ1v) is 5.63. The molecule has 4 aliphatic rings. The summed E-state index contributed by atoms with van der Waals surface area (Å²) in [7, 11) is 0. The van der Waals surface area contributed by atoms with Crippen LogP contribution in [0.4, 0.5) is 0 Å². The molecule has 4 bridgehead atoms. The van der Waals surface area contributed by atoms with Gasteiger partial charge in [-0.1, -0.05) is 11.6 Å². The fourth-order valence-corrected chi connectivity index (χ4v) is 4.35. The second-order valence-electron chi connectivity index (χ2n) is 5.12. The highest BCUT2D eigenvalue weighted by Gasteiger charge is 2.57. The zero-order chi connectivity index (χ0) is 9.05. The quantitative estimate of drug-likeness (QED) is 0.363. The maximum absolute atomic E-state index is 10.8. The summed E-state index contributed by atoms with van der Waals surface area (Å²) in [6.07, 6.45) is 6.01. The molecular formula is C10H14ClNO. The lowest BCUT2D eigenvalue weighted by Crippen LogP contribution is -2.53. The Hall–Kier alpha value is -0.110. The Kier molecular flexibility index (Phi) is 1.56. The van der Waals surface area contributed by atoms with Crippen LogP contribution in [0.15, 0.2) is 5.18 Å². The molecule has 0 heterocycles. The minimum absolute atomic E-state index is 0.392. The zero-order valence-corrected chi connectivity index (χ0v) is 8.33. The van der Waals surface area contributed by atoms with Crippen molar-refractivity contribution in [3.63, 3.8) is 0 Å². The van der Waals surface area contributed by atoms with E-state index in [1.165, 1.54) is 6.42 Å². The summed E-state index contributed by atoms with van der Waals surface area (Å²) in [6.45, 7) is 0. The standard InChI is InChI=1S/C10H14ClNO/c11-10(12-13)8-2-6-1-7(4-8)5-9(10)3-6/h6-9H,1-5H2. The van der Waals surface area contributed by atoms with Gasteiger partial charge in [0.05, 0.1) is 0 Å². The number of nitrogens with zero attached hydrogens (tertiary/aromatic N) is 1. The molecule has 2 nitrogen and oxygen atoms in total. The third kappa shape index (κ3) is 0.955. The van der Waals surface area contributed by atoms with E-state index in [9.17, 15) is 4.91 Å². The summed E-state index contributed by atoms with van der Waals surface area (Å²) >= 11 is 6.33. The molecule has 0 saturated heterocycles. The summed E-state index contributed by atoms with van der Waals surface area (Å²) in [5.74, 6) is 2.50. The van der Waals surface area contributed by atoms with Crippen LogP contribution in [0.5, 0.6) is 0 Å². The van der Waals surface area contributed by atoms with Gasteiger partial charge in [-0.15, -0.1) is 4.91 Å². The van der Waals surface area contributed by atoms with Gasteiger partial charge in [-0.3, -0.25) is 0 Å². The van der Waals surface area contributed by atoms with Crippen molar-refractivity contribution in [1.29, 1.82) is 0 Å². The Bertz CT molecular complexity index is 225. The van der Waals surface area contributed by atoms with Crippen LogP contribution in [0, 0.1) is 28.6 Å². The fraction of sp³-hybridized carbons (Fsp3) is 1.00. The Morgan fingerprint density at radius 3 is 1.85 bits per heavy atom. The Morgan fingerprint density at radius 2 is 1.46 bits per heavy atom. The summed E-state index contributed by atoms with van der Waals surface area (Å²) in [4.78, 5) is 10.1. The van der Waals surface area contributed by atoms with Gasteiger partial charge in [-0.2, -0.15) is 0 Å². The van der Waals surface area contributed by atoms with Crippen LogP contribution in [0.25, 0.3) is 0 Å². The first-order valence-electron chi connectivity index (χ1n) is 5.25. The molecule has 3 heteroatoms. The second kappa shape index (κ2) is 2.47. The zero-order valence-electron chi connectivity index (χ0n) is 7.58. The SMILES string of the molecule is O=NC1(Cl)C2CC3CC(C2)CC1C3. The van der Waals surface area contributed by atoms with E-state index in [1.54, 1.807) is 0 Å². The number of hydrogen-bond donors (Lipinski definition) is 0. The molecule has 4 rings (SSSR count). The van der Waals surface area contributed by atoms with Crippen molar-refractivity contribution < 1.29 is 0 Å². The molecule has 0 spiro atoms. The van der Waals surface area contributed by atoms with E-state index in [0.717, 1.165) is 37.5 Å². The topological polar surface area (TPSA) is 29.4 Å². The maximum atomic E-state index is 10.8. The van der Waals surface area contributed by atoms with E-state index in [-0.39, 0.29) is 0 Å². The number of hydrogen-bond acceptors (Lipinski definition) is 2. The van der Waals surface area contributed by atoms with E-state index >= 15 is 0 Å². The molecule has 4 saturated carbocycles. The lowest BCUT2D eigenvalue weighted by Gasteiger charge is -2.55. The van der Waals surface area contributed by atoms with E-state index in [4.69, 9.17) is 11.6 Å². The third-order valence-corrected chi connectivity index (χ3v) is 5.11. The normalized spacial score (nSPS) is 58.2. The van der Waals surface area contributed by atoms with Crippen molar-refractivity contribution in [2.24, 2.45) is 28.8 Å². The van der Waals surface area contributed by atoms with Gasteiger partial charge >= 0.3 is 0 Å². The highest BCUT2D eigenvalue weighted by atomic mass is 35.5. The first kappa shape index (κ1) is 8.22. The van der Waals surface area contributed by atoms with Crippen molar-refractivity contribution in [3.8, 4) is 0 Å². The molecular weight excluding hydrogens is 186 g/mol. The van der Waals surface area contributed by atoms with Gasteiger partial charge in [0.1, 0.15) is 0 Å². The number of rotatable bonds is 1. The number of halogens is 1. The highest BCUT2D eigenvalue weighted by Crippen LogP contribution is 2.61. The van der Waals surface area contributed by atoms with Gasteiger partial charge in [0.15, 0.2) is 5.00 Å². The predicted octanol–water partition coefficient (Wildman–Crippen LogP) is 3.14. The van der Waals surface area contributed by atoms with Gasteiger partial charge in [-0.25, -0.2) is 0 Å². The molecule has 4 fully saturated rings. The van der Waals surface area contributed by atoms with E-state index in [0.29, 0.717) is 11.8 Å². The summed E-state index contributed by atoms with van der Waals surface area (Å²) in [6, 6.07) is 0. The van der Waals surface area contributed by atoms with Crippen molar-refractivity contribution in [1.82, 2.24) is 0 Å². The molecule has 72 valence electrons. The van der Waals surface area contributed by atoms with Gasteiger partial charge in [0.25, 0.3) is 0 Å². The summed E-state index contributed by atoms with van der Waals surface area (Å²) < 4.78 is 0. The molecule has 0 radical (unpaired) electrons. The van der Waals surface area contributed by atoms with Crippen LogP contribution >= 0.6 is 11.6 Å². The fourth-order valence-electron chi connectivity index (χ4n) is 3.99. The lowest BCUT2D eigenvalue weighted by molar-refractivity contribution is -0.0174. The van der Waals surface area contributed by atoms with Crippen LogP contribution < -0.4 is 0 Å². The smallest absolute Gasteiger partial charge is 0.149 e. The van der Waals surface area contributed by atoms with Crippen molar-refractivity contribution in [2.45, 2.75) is 37.1 Å². The molecule has 0 aromatic rings. The van der Waals surface area contributed by atoms with Crippen LogP contribution in [0.1, 0.15) is 32.1 Å². The molecule has 0 unspecified atom stereocenters. The minimum Gasteiger partial charge on any atom is -0.149 e. The van der Waals surface area contributed by atoms with Crippen LogP contribution in [0.2, 0.25) is 0 Å². The van der Waals surface area contributed by atoms with Crippen molar-refractivity contribution in [2.75, 3.05) is 0 Å². The van der Waals surface area contributed by atoms with E-state index in [2.05, 4.69) is 5.18 Å². The maximum Gasteiger partial charge on any atom is 0.181 e. The molecule has 0 aromatic heterocycles. The summed E-state index contributed by atoms with van der Waals surface area (Å²) in [5, 5.41) is 3.23. The Balaban J connectivity index is 1.97. The molecule has 0 aromatic carbocycles. The van der Waals surface area contributed by atoms with Crippen LogP contribution in [0.3, 0.4) is 0 Å². The van der Waals surface area contributed by atoms with Crippen LogP contribution in [-0.4, -0.2) is 5.00 Å². The first-order chi connectivity index (χ1) is 6.22. The Morgan fingerprint density at radius 1 is 1.00 bits per heavy atom. The average molecular weight is 200 g/mol. The Labute approximate surface area is 83.0 Å².